The quantitative estimate of drug-likeness (QED) is 0.421. The summed E-state index contributed by atoms with van der Waals surface area (Å²) in [7, 11) is 0. The highest BCUT2D eigenvalue weighted by molar-refractivity contribution is 6.21. The van der Waals surface area contributed by atoms with Gasteiger partial charge in [0.05, 0.1) is 0 Å². The lowest BCUT2D eigenvalue weighted by atomic mass is 9.92. The maximum atomic E-state index is 13.1. The summed E-state index contributed by atoms with van der Waals surface area (Å²) in [6.45, 7) is 3.94. The SMILES string of the molecule is Cc1cccc(C(=O)c2cccc3c(C(=O)c4cccc(C)c4)cccc23)c1. The lowest BCUT2D eigenvalue weighted by Gasteiger charge is -2.10. The fourth-order valence-electron chi connectivity index (χ4n) is 3.59. The van der Waals surface area contributed by atoms with Crippen molar-refractivity contribution in [2.45, 2.75) is 13.8 Å². The second-order valence-electron chi connectivity index (χ2n) is 7.10. The number of hydrogen-bond acceptors (Lipinski definition) is 2. The van der Waals surface area contributed by atoms with Gasteiger partial charge in [0.15, 0.2) is 11.6 Å². The first kappa shape index (κ1) is 17.9. The Balaban J connectivity index is 1.85. The zero-order chi connectivity index (χ0) is 19.7. The van der Waals surface area contributed by atoms with Gasteiger partial charge < -0.3 is 0 Å². The van der Waals surface area contributed by atoms with Crippen LogP contribution in [0.25, 0.3) is 10.8 Å². The summed E-state index contributed by atoms with van der Waals surface area (Å²) in [5.74, 6) is -0.0658. The van der Waals surface area contributed by atoms with E-state index in [0.717, 1.165) is 21.9 Å². The van der Waals surface area contributed by atoms with Gasteiger partial charge in [0.25, 0.3) is 0 Å². The smallest absolute Gasteiger partial charge is 0.193 e. The van der Waals surface area contributed by atoms with E-state index in [4.69, 9.17) is 0 Å². The molecular formula is C26H20O2. The normalized spacial score (nSPS) is 10.8. The van der Waals surface area contributed by atoms with Crippen LogP contribution < -0.4 is 0 Å². The molecule has 0 fully saturated rings. The fourth-order valence-corrected chi connectivity index (χ4v) is 3.59. The molecule has 2 nitrogen and oxygen atoms in total. The van der Waals surface area contributed by atoms with Crippen LogP contribution in [0.15, 0.2) is 84.9 Å². The Hall–Kier alpha value is -3.52. The third-order valence-corrected chi connectivity index (χ3v) is 4.97. The van der Waals surface area contributed by atoms with Gasteiger partial charge in [0, 0.05) is 22.3 Å². The lowest BCUT2D eigenvalue weighted by molar-refractivity contribution is 0.103. The van der Waals surface area contributed by atoms with Crippen molar-refractivity contribution >= 4 is 22.3 Å². The molecule has 0 aliphatic heterocycles. The number of ketones is 2. The standard InChI is InChI=1S/C26H20O2/c1-17-7-3-9-19(15-17)25(27)23-13-5-12-22-21(23)11-6-14-24(22)26(28)20-10-4-8-18(2)16-20/h3-16H,1-2H3. The number of benzene rings is 4. The minimum Gasteiger partial charge on any atom is -0.289 e. The molecule has 4 aromatic carbocycles. The topological polar surface area (TPSA) is 34.1 Å². The molecule has 136 valence electrons. The molecule has 0 radical (unpaired) electrons. The molecule has 4 rings (SSSR count). The lowest BCUT2D eigenvalue weighted by Crippen LogP contribution is -2.06. The summed E-state index contributed by atoms with van der Waals surface area (Å²) in [5.41, 5.74) is 4.62. The molecule has 0 amide bonds. The number of fused-ring (bicyclic) bond motifs is 1. The van der Waals surface area contributed by atoms with Crippen LogP contribution in [0.1, 0.15) is 43.0 Å². The van der Waals surface area contributed by atoms with Crippen LogP contribution in [0.3, 0.4) is 0 Å². The van der Waals surface area contributed by atoms with Gasteiger partial charge in [-0.3, -0.25) is 9.59 Å². The van der Waals surface area contributed by atoms with E-state index in [1.54, 1.807) is 0 Å². The highest BCUT2D eigenvalue weighted by Gasteiger charge is 2.17. The molecule has 0 saturated heterocycles. The van der Waals surface area contributed by atoms with E-state index in [9.17, 15) is 9.59 Å². The van der Waals surface area contributed by atoms with Crippen molar-refractivity contribution in [1.29, 1.82) is 0 Å². The average Bonchev–Trinajstić information content (AvgIpc) is 2.72. The zero-order valence-corrected chi connectivity index (χ0v) is 15.9. The van der Waals surface area contributed by atoms with Crippen LogP contribution in [-0.2, 0) is 0 Å². The minimum absolute atomic E-state index is 0.0329. The van der Waals surface area contributed by atoms with Crippen LogP contribution in [0.2, 0.25) is 0 Å². The van der Waals surface area contributed by atoms with Gasteiger partial charge in [0.1, 0.15) is 0 Å². The fraction of sp³-hybridized carbons (Fsp3) is 0.0769. The van der Waals surface area contributed by atoms with E-state index in [0.29, 0.717) is 22.3 Å². The van der Waals surface area contributed by atoms with E-state index < -0.39 is 0 Å². The van der Waals surface area contributed by atoms with Crippen LogP contribution in [0, 0.1) is 13.8 Å². The number of hydrogen-bond donors (Lipinski definition) is 0. The molecule has 0 N–H and O–H groups in total. The predicted molar refractivity (Wildman–Crippen MR) is 113 cm³/mol. The van der Waals surface area contributed by atoms with Crippen molar-refractivity contribution < 1.29 is 9.59 Å². The summed E-state index contributed by atoms with van der Waals surface area (Å²) in [4.78, 5) is 26.2. The largest absolute Gasteiger partial charge is 0.289 e. The summed E-state index contributed by atoms with van der Waals surface area (Å²) < 4.78 is 0. The van der Waals surface area contributed by atoms with Crippen molar-refractivity contribution in [3.8, 4) is 0 Å². The summed E-state index contributed by atoms with van der Waals surface area (Å²) in [6.07, 6.45) is 0. The maximum absolute atomic E-state index is 13.1. The highest BCUT2D eigenvalue weighted by atomic mass is 16.1. The Kier molecular flexibility index (Phi) is 4.62. The first-order chi connectivity index (χ1) is 13.5. The molecule has 0 bridgehead atoms. The highest BCUT2D eigenvalue weighted by Crippen LogP contribution is 2.26. The Morgan fingerprint density at radius 3 is 1.32 bits per heavy atom. The average molecular weight is 364 g/mol. The molecule has 0 aliphatic rings. The molecule has 28 heavy (non-hydrogen) atoms. The molecule has 0 heterocycles. The summed E-state index contributed by atoms with van der Waals surface area (Å²) in [5, 5.41) is 1.60. The molecule has 0 aliphatic carbocycles. The number of aryl methyl sites for hydroxylation is 2. The third kappa shape index (κ3) is 3.25. The molecule has 0 saturated carbocycles. The van der Waals surface area contributed by atoms with Crippen molar-refractivity contribution in [3.05, 3.63) is 118 Å². The van der Waals surface area contributed by atoms with E-state index in [2.05, 4.69) is 0 Å². The van der Waals surface area contributed by atoms with Gasteiger partial charge in [0.2, 0.25) is 0 Å². The van der Waals surface area contributed by atoms with E-state index >= 15 is 0 Å². The molecular weight excluding hydrogens is 344 g/mol. The van der Waals surface area contributed by atoms with Crippen LogP contribution in [0.5, 0.6) is 0 Å². The molecule has 0 atom stereocenters. The molecule has 2 heteroatoms. The third-order valence-electron chi connectivity index (χ3n) is 4.97. The van der Waals surface area contributed by atoms with Gasteiger partial charge in [-0.2, -0.15) is 0 Å². The second-order valence-corrected chi connectivity index (χ2v) is 7.10. The van der Waals surface area contributed by atoms with Gasteiger partial charge in [-0.1, -0.05) is 83.9 Å². The number of rotatable bonds is 4. The molecule has 4 aromatic rings. The monoisotopic (exact) mass is 364 g/mol. The van der Waals surface area contributed by atoms with E-state index in [1.165, 1.54) is 0 Å². The Morgan fingerprint density at radius 2 is 0.929 bits per heavy atom. The molecule has 0 spiro atoms. The van der Waals surface area contributed by atoms with Gasteiger partial charge in [-0.15, -0.1) is 0 Å². The molecule has 0 unspecified atom stereocenters. The Morgan fingerprint density at radius 1 is 0.536 bits per heavy atom. The van der Waals surface area contributed by atoms with Crippen LogP contribution >= 0.6 is 0 Å². The number of carbonyl (C=O) groups excluding carboxylic acids is 2. The minimum atomic E-state index is -0.0329. The van der Waals surface area contributed by atoms with Crippen LogP contribution in [-0.4, -0.2) is 11.6 Å². The van der Waals surface area contributed by atoms with Crippen molar-refractivity contribution in [1.82, 2.24) is 0 Å². The summed E-state index contributed by atoms with van der Waals surface area (Å²) in [6, 6.07) is 26.3. The van der Waals surface area contributed by atoms with Gasteiger partial charge in [-0.05, 0) is 36.8 Å². The maximum Gasteiger partial charge on any atom is 0.193 e. The van der Waals surface area contributed by atoms with E-state index in [1.807, 2.05) is 98.8 Å². The second kappa shape index (κ2) is 7.24. The number of carbonyl (C=O) groups is 2. The van der Waals surface area contributed by atoms with Crippen LogP contribution in [0.4, 0.5) is 0 Å². The van der Waals surface area contributed by atoms with E-state index in [-0.39, 0.29) is 11.6 Å². The zero-order valence-electron chi connectivity index (χ0n) is 15.9. The van der Waals surface area contributed by atoms with Crippen molar-refractivity contribution in [2.24, 2.45) is 0 Å². The first-order valence-electron chi connectivity index (χ1n) is 9.29. The first-order valence-corrected chi connectivity index (χ1v) is 9.29. The van der Waals surface area contributed by atoms with Crippen molar-refractivity contribution in [2.75, 3.05) is 0 Å². The molecule has 0 aromatic heterocycles. The van der Waals surface area contributed by atoms with Gasteiger partial charge in [-0.25, -0.2) is 0 Å². The Bertz CT molecular complexity index is 1120. The van der Waals surface area contributed by atoms with Gasteiger partial charge >= 0.3 is 0 Å². The summed E-state index contributed by atoms with van der Waals surface area (Å²) >= 11 is 0. The Labute approximate surface area is 164 Å². The van der Waals surface area contributed by atoms with Crippen molar-refractivity contribution in [3.63, 3.8) is 0 Å². The predicted octanol–water partition coefficient (Wildman–Crippen LogP) is 5.92.